The molecule has 0 aromatic carbocycles. The molecule has 1 atom stereocenters. The monoisotopic (exact) mass is 226 g/mol. The van der Waals surface area contributed by atoms with Crippen molar-refractivity contribution < 1.29 is 9.53 Å². The first-order valence-electron chi connectivity index (χ1n) is 5.02. The van der Waals surface area contributed by atoms with E-state index in [-0.39, 0.29) is 11.9 Å². The molecule has 1 unspecified atom stereocenters. The molecule has 0 saturated heterocycles. The molecule has 0 spiro atoms. The smallest absolute Gasteiger partial charge is 0.273 e. The van der Waals surface area contributed by atoms with E-state index in [4.69, 9.17) is 10.5 Å². The minimum atomic E-state index is -0.178. The fraction of sp³-hybridized carbons (Fsp3) is 0.600. The van der Waals surface area contributed by atoms with Gasteiger partial charge in [0.25, 0.3) is 5.91 Å². The Bertz CT molecular complexity index is 350. The maximum absolute atomic E-state index is 11.9. The summed E-state index contributed by atoms with van der Waals surface area (Å²) in [6, 6.07) is -0.178. The van der Waals surface area contributed by atoms with Crippen LogP contribution < -0.4 is 5.73 Å². The molecule has 0 aliphatic rings. The van der Waals surface area contributed by atoms with Gasteiger partial charge in [-0.25, -0.2) is 4.98 Å². The highest BCUT2D eigenvalue weighted by Gasteiger charge is 2.16. The highest BCUT2D eigenvalue weighted by Crippen LogP contribution is 2.00. The van der Waals surface area contributed by atoms with E-state index in [0.29, 0.717) is 18.8 Å². The standard InChI is InChI=1S/C10H18N4O2/c1-13-5-9(12-7-13)10(15)14(2)4-8(11)6-16-3/h5,7-8H,4,6,11H2,1-3H3. The van der Waals surface area contributed by atoms with Crippen molar-refractivity contribution in [2.24, 2.45) is 12.8 Å². The van der Waals surface area contributed by atoms with Gasteiger partial charge in [-0.1, -0.05) is 0 Å². The molecule has 0 saturated carbocycles. The Morgan fingerprint density at radius 1 is 1.75 bits per heavy atom. The van der Waals surface area contributed by atoms with E-state index >= 15 is 0 Å². The largest absolute Gasteiger partial charge is 0.383 e. The summed E-state index contributed by atoms with van der Waals surface area (Å²) in [6.45, 7) is 0.878. The number of hydrogen-bond donors (Lipinski definition) is 1. The molecular weight excluding hydrogens is 208 g/mol. The van der Waals surface area contributed by atoms with E-state index < -0.39 is 0 Å². The number of carbonyl (C=O) groups is 1. The van der Waals surface area contributed by atoms with Gasteiger partial charge >= 0.3 is 0 Å². The number of carbonyl (C=O) groups excluding carboxylic acids is 1. The van der Waals surface area contributed by atoms with Crippen LogP contribution in [0, 0.1) is 0 Å². The maximum atomic E-state index is 11.9. The highest BCUT2D eigenvalue weighted by molar-refractivity contribution is 5.91. The minimum Gasteiger partial charge on any atom is -0.383 e. The summed E-state index contributed by atoms with van der Waals surface area (Å²) < 4.78 is 6.64. The zero-order valence-corrected chi connectivity index (χ0v) is 9.88. The van der Waals surface area contributed by atoms with Gasteiger partial charge in [0.1, 0.15) is 5.69 Å². The second-order valence-electron chi connectivity index (χ2n) is 3.83. The molecule has 1 heterocycles. The second kappa shape index (κ2) is 5.62. The van der Waals surface area contributed by atoms with Gasteiger partial charge in [0.15, 0.2) is 0 Å². The molecule has 1 amide bonds. The van der Waals surface area contributed by atoms with Crippen molar-refractivity contribution >= 4 is 5.91 Å². The molecular formula is C10H18N4O2. The molecule has 1 aromatic rings. The summed E-state index contributed by atoms with van der Waals surface area (Å²) in [6.07, 6.45) is 3.27. The minimum absolute atomic E-state index is 0.132. The van der Waals surface area contributed by atoms with Gasteiger partial charge in [-0.15, -0.1) is 0 Å². The van der Waals surface area contributed by atoms with Crippen molar-refractivity contribution in [3.8, 4) is 0 Å². The van der Waals surface area contributed by atoms with Crippen LogP contribution in [0.4, 0.5) is 0 Å². The van der Waals surface area contributed by atoms with Crippen LogP contribution in [0.2, 0.25) is 0 Å². The van der Waals surface area contributed by atoms with E-state index in [1.54, 1.807) is 36.1 Å². The van der Waals surface area contributed by atoms with Gasteiger partial charge in [-0.05, 0) is 0 Å². The normalized spacial score (nSPS) is 12.5. The van der Waals surface area contributed by atoms with Crippen LogP contribution >= 0.6 is 0 Å². The summed E-state index contributed by atoms with van der Waals surface area (Å²) in [4.78, 5) is 17.4. The molecule has 0 bridgehead atoms. The molecule has 0 radical (unpaired) electrons. The number of ether oxygens (including phenoxy) is 1. The number of imidazole rings is 1. The zero-order valence-electron chi connectivity index (χ0n) is 9.88. The Morgan fingerprint density at radius 3 is 2.94 bits per heavy atom. The lowest BCUT2D eigenvalue weighted by molar-refractivity contribution is 0.0759. The zero-order chi connectivity index (χ0) is 12.1. The van der Waals surface area contributed by atoms with Crippen LogP contribution in [-0.4, -0.2) is 53.7 Å². The summed E-state index contributed by atoms with van der Waals surface area (Å²) in [7, 11) is 5.10. The number of likely N-dealkylation sites (N-methyl/N-ethyl adjacent to an activating group) is 1. The second-order valence-corrected chi connectivity index (χ2v) is 3.83. The van der Waals surface area contributed by atoms with Crippen molar-refractivity contribution in [2.75, 3.05) is 27.3 Å². The predicted octanol–water partition coefficient (Wildman–Crippen LogP) is -0.534. The third-order valence-corrected chi connectivity index (χ3v) is 2.16. The number of nitrogens with zero attached hydrogens (tertiary/aromatic N) is 3. The molecule has 6 heteroatoms. The summed E-state index contributed by atoms with van der Waals surface area (Å²) in [5.41, 5.74) is 6.19. The number of hydrogen-bond acceptors (Lipinski definition) is 4. The van der Waals surface area contributed by atoms with E-state index in [9.17, 15) is 4.79 Å². The number of aryl methyl sites for hydroxylation is 1. The molecule has 2 N–H and O–H groups in total. The molecule has 0 aliphatic carbocycles. The third-order valence-electron chi connectivity index (χ3n) is 2.16. The van der Waals surface area contributed by atoms with E-state index in [1.165, 1.54) is 0 Å². The molecule has 6 nitrogen and oxygen atoms in total. The Hall–Kier alpha value is -1.40. The Morgan fingerprint density at radius 2 is 2.44 bits per heavy atom. The van der Waals surface area contributed by atoms with Crippen molar-refractivity contribution in [2.45, 2.75) is 6.04 Å². The van der Waals surface area contributed by atoms with Crippen LogP contribution in [0.3, 0.4) is 0 Å². The SMILES string of the molecule is COCC(N)CN(C)C(=O)c1cn(C)cn1. The lowest BCUT2D eigenvalue weighted by atomic mass is 10.3. The molecule has 16 heavy (non-hydrogen) atoms. The van der Waals surface area contributed by atoms with Crippen molar-refractivity contribution in [3.05, 3.63) is 18.2 Å². The van der Waals surface area contributed by atoms with Gasteiger partial charge in [-0.2, -0.15) is 0 Å². The van der Waals surface area contributed by atoms with Gasteiger partial charge in [0.2, 0.25) is 0 Å². The first kappa shape index (κ1) is 12.7. The number of rotatable bonds is 5. The van der Waals surface area contributed by atoms with Crippen LogP contribution in [0.25, 0.3) is 0 Å². The fourth-order valence-electron chi connectivity index (χ4n) is 1.42. The van der Waals surface area contributed by atoms with Crippen molar-refractivity contribution in [1.29, 1.82) is 0 Å². The lowest BCUT2D eigenvalue weighted by Gasteiger charge is -2.20. The van der Waals surface area contributed by atoms with Crippen LogP contribution in [-0.2, 0) is 11.8 Å². The van der Waals surface area contributed by atoms with Crippen molar-refractivity contribution in [3.63, 3.8) is 0 Å². The van der Waals surface area contributed by atoms with Crippen molar-refractivity contribution in [1.82, 2.24) is 14.5 Å². The van der Waals surface area contributed by atoms with Crippen LogP contribution in [0.5, 0.6) is 0 Å². The molecule has 1 rings (SSSR count). The first-order chi connectivity index (χ1) is 7.54. The number of amides is 1. The number of aromatic nitrogens is 2. The summed E-state index contributed by atoms with van der Waals surface area (Å²) in [5.74, 6) is -0.132. The Kier molecular flexibility index (Phi) is 4.45. The van der Waals surface area contributed by atoms with Gasteiger partial charge < -0.3 is 19.9 Å². The lowest BCUT2D eigenvalue weighted by Crippen LogP contribution is -2.41. The van der Waals surface area contributed by atoms with Gasteiger partial charge in [0, 0.05) is 40.0 Å². The Balaban J connectivity index is 2.54. The number of methoxy groups -OCH3 is 1. The highest BCUT2D eigenvalue weighted by atomic mass is 16.5. The topological polar surface area (TPSA) is 73.4 Å². The van der Waals surface area contributed by atoms with Gasteiger partial charge in [0.05, 0.1) is 12.9 Å². The summed E-state index contributed by atoms with van der Waals surface area (Å²) in [5, 5.41) is 0. The average Bonchev–Trinajstić information content (AvgIpc) is 2.64. The Labute approximate surface area is 95.0 Å². The quantitative estimate of drug-likeness (QED) is 0.732. The van der Waals surface area contributed by atoms with Gasteiger partial charge in [-0.3, -0.25) is 4.79 Å². The maximum Gasteiger partial charge on any atom is 0.273 e. The first-order valence-corrected chi connectivity index (χ1v) is 5.02. The molecule has 0 fully saturated rings. The third kappa shape index (κ3) is 3.32. The average molecular weight is 226 g/mol. The van der Waals surface area contributed by atoms with E-state index in [2.05, 4.69) is 4.98 Å². The number of nitrogens with two attached hydrogens (primary N) is 1. The summed E-state index contributed by atoms with van der Waals surface area (Å²) >= 11 is 0. The fourth-order valence-corrected chi connectivity index (χ4v) is 1.42. The van der Waals surface area contributed by atoms with E-state index in [1.807, 2.05) is 7.05 Å². The van der Waals surface area contributed by atoms with Crippen LogP contribution in [0.1, 0.15) is 10.5 Å². The predicted molar refractivity (Wildman–Crippen MR) is 60.0 cm³/mol. The molecule has 0 aliphatic heterocycles. The van der Waals surface area contributed by atoms with Crippen LogP contribution in [0.15, 0.2) is 12.5 Å². The molecule has 1 aromatic heterocycles. The molecule has 90 valence electrons. The van der Waals surface area contributed by atoms with E-state index in [0.717, 1.165) is 0 Å².